The smallest absolute Gasteiger partial charge is 0.242 e. The molecule has 1 rings (SSSR count). The van der Waals surface area contributed by atoms with Gasteiger partial charge in [0.25, 0.3) is 0 Å². The van der Waals surface area contributed by atoms with E-state index in [9.17, 15) is 9.90 Å². The third kappa shape index (κ3) is 5.35. The van der Waals surface area contributed by atoms with Gasteiger partial charge in [0.2, 0.25) is 5.91 Å². The molecule has 0 radical (unpaired) electrons. The van der Waals surface area contributed by atoms with Gasteiger partial charge in [0, 0.05) is 26.3 Å². The summed E-state index contributed by atoms with van der Waals surface area (Å²) in [6, 6.07) is 3.50. The zero-order valence-corrected chi connectivity index (χ0v) is 13.2. The molecule has 5 nitrogen and oxygen atoms in total. The number of amides is 1. The maximum Gasteiger partial charge on any atom is 0.242 e. The van der Waals surface area contributed by atoms with Crippen molar-refractivity contribution in [1.82, 2.24) is 9.88 Å². The zero-order valence-electron chi connectivity index (χ0n) is 12.4. The minimum absolute atomic E-state index is 0.0473. The average molecular weight is 300 g/mol. The van der Waals surface area contributed by atoms with Gasteiger partial charge in [-0.15, -0.1) is 0 Å². The molecule has 112 valence electrons. The van der Waals surface area contributed by atoms with E-state index in [1.54, 1.807) is 49.0 Å². The van der Waals surface area contributed by atoms with Crippen molar-refractivity contribution in [1.29, 1.82) is 0 Å². The van der Waals surface area contributed by atoms with Crippen molar-refractivity contribution in [2.75, 3.05) is 31.6 Å². The van der Waals surface area contributed by atoms with Gasteiger partial charge in [-0.2, -0.15) is 0 Å². The Balaban J connectivity index is 2.66. The molecule has 1 aromatic heterocycles. The summed E-state index contributed by atoms with van der Waals surface area (Å²) in [5.41, 5.74) is -0.900. The van der Waals surface area contributed by atoms with Crippen molar-refractivity contribution in [2.45, 2.75) is 26.4 Å². The molecular weight excluding hydrogens is 278 g/mol. The Hall–Kier alpha value is -1.33. The van der Waals surface area contributed by atoms with Crippen molar-refractivity contribution >= 4 is 23.3 Å². The van der Waals surface area contributed by atoms with E-state index >= 15 is 0 Å². The lowest BCUT2D eigenvalue weighted by Crippen LogP contribution is -2.45. The van der Waals surface area contributed by atoms with Gasteiger partial charge in [-0.3, -0.25) is 4.79 Å². The lowest BCUT2D eigenvalue weighted by atomic mass is 10.1. The Bertz CT molecular complexity index is 443. The second-order valence-electron chi connectivity index (χ2n) is 5.41. The largest absolute Gasteiger partial charge is 0.389 e. The summed E-state index contributed by atoms with van der Waals surface area (Å²) in [6.07, 6.45) is 1.55. The number of hydrogen-bond acceptors (Lipinski definition) is 4. The highest BCUT2D eigenvalue weighted by Crippen LogP contribution is 2.13. The van der Waals surface area contributed by atoms with Gasteiger partial charge in [0.1, 0.15) is 5.82 Å². The molecule has 0 saturated heterocycles. The fraction of sp³-hybridized carbons (Fsp3) is 0.571. The van der Waals surface area contributed by atoms with Crippen LogP contribution in [0.1, 0.15) is 20.8 Å². The number of hydrogen-bond donors (Lipinski definition) is 1. The SMILES string of the molecule is CCN(CC(C)(C)O)C(=O)CN(C)c1ccc(Cl)cn1. The van der Waals surface area contributed by atoms with Crippen LogP contribution in [0.2, 0.25) is 5.02 Å². The molecule has 6 heteroatoms. The minimum Gasteiger partial charge on any atom is -0.389 e. The summed E-state index contributed by atoms with van der Waals surface area (Å²) < 4.78 is 0. The van der Waals surface area contributed by atoms with Gasteiger partial charge in [-0.25, -0.2) is 4.98 Å². The van der Waals surface area contributed by atoms with Crippen LogP contribution in [-0.4, -0.2) is 53.2 Å². The average Bonchev–Trinajstić information content (AvgIpc) is 2.35. The van der Waals surface area contributed by atoms with Crippen molar-refractivity contribution in [3.05, 3.63) is 23.4 Å². The number of pyridine rings is 1. The van der Waals surface area contributed by atoms with Gasteiger partial charge < -0.3 is 14.9 Å². The number of anilines is 1. The molecule has 1 N–H and O–H groups in total. The summed E-state index contributed by atoms with van der Waals surface area (Å²) >= 11 is 5.78. The van der Waals surface area contributed by atoms with E-state index in [2.05, 4.69) is 4.98 Å². The van der Waals surface area contributed by atoms with Crippen molar-refractivity contribution in [2.24, 2.45) is 0 Å². The topological polar surface area (TPSA) is 56.7 Å². The summed E-state index contributed by atoms with van der Waals surface area (Å²) in [7, 11) is 1.80. The normalized spacial score (nSPS) is 11.3. The van der Waals surface area contributed by atoms with Crippen molar-refractivity contribution in [3.63, 3.8) is 0 Å². The molecule has 0 aliphatic rings. The summed E-state index contributed by atoms with van der Waals surface area (Å²) in [5.74, 6) is 0.635. The molecule has 0 aliphatic heterocycles. The number of aromatic nitrogens is 1. The van der Waals surface area contributed by atoms with Gasteiger partial charge >= 0.3 is 0 Å². The van der Waals surface area contributed by atoms with Crippen molar-refractivity contribution in [3.8, 4) is 0 Å². The first-order valence-electron chi connectivity index (χ1n) is 6.56. The monoisotopic (exact) mass is 299 g/mol. The van der Waals surface area contributed by atoms with Crippen LogP contribution < -0.4 is 4.90 Å². The Morgan fingerprint density at radius 2 is 2.10 bits per heavy atom. The van der Waals surface area contributed by atoms with E-state index in [1.165, 1.54) is 0 Å². The minimum atomic E-state index is -0.900. The molecule has 0 fully saturated rings. The van der Waals surface area contributed by atoms with Gasteiger partial charge in [0.15, 0.2) is 0 Å². The van der Waals surface area contributed by atoms with E-state index in [-0.39, 0.29) is 12.5 Å². The van der Waals surface area contributed by atoms with Gasteiger partial charge in [-0.1, -0.05) is 11.6 Å². The Labute approximate surface area is 125 Å². The van der Waals surface area contributed by atoms with Crippen LogP contribution in [0.3, 0.4) is 0 Å². The molecule has 0 atom stereocenters. The van der Waals surface area contributed by atoms with E-state index in [0.29, 0.717) is 23.9 Å². The zero-order chi connectivity index (χ0) is 15.3. The third-order valence-electron chi connectivity index (χ3n) is 2.79. The number of aliphatic hydroxyl groups is 1. The lowest BCUT2D eigenvalue weighted by molar-refractivity contribution is -0.132. The van der Waals surface area contributed by atoms with Crippen LogP contribution >= 0.6 is 11.6 Å². The fourth-order valence-corrected chi connectivity index (χ4v) is 1.93. The summed E-state index contributed by atoms with van der Waals surface area (Å²) in [6.45, 7) is 6.35. The van der Waals surface area contributed by atoms with Crippen LogP contribution in [0.25, 0.3) is 0 Å². The predicted molar refractivity (Wildman–Crippen MR) is 81.1 cm³/mol. The quantitative estimate of drug-likeness (QED) is 0.870. The number of rotatable bonds is 6. The molecule has 20 heavy (non-hydrogen) atoms. The van der Waals surface area contributed by atoms with Crippen LogP contribution in [0.5, 0.6) is 0 Å². The van der Waals surface area contributed by atoms with Crippen molar-refractivity contribution < 1.29 is 9.90 Å². The first kappa shape index (κ1) is 16.7. The highest BCUT2D eigenvalue weighted by atomic mass is 35.5. The van der Waals surface area contributed by atoms with Crippen LogP contribution in [0, 0.1) is 0 Å². The van der Waals surface area contributed by atoms with E-state index in [4.69, 9.17) is 11.6 Å². The van der Waals surface area contributed by atoms with Gasteiger partial charge in [0.05, 0.1) is 17.2 Å². The van der Waals surface area contributed by atoms with Crippen LogP contribution in [-0.2, 0) is 4.79 Å². The molecule has 1 heterocycles. The van der Waals surface area contributed by atoms with E-state index in [1.807, 2.05) is 6.92 Å². The van der Waals surface area contributed by atoms with Crippen LogP contribution in [0.4, 0.5) is 5.82 Å². The Kier molecular flexibility index (Phi) is 5.77. The maximum absolute atomic E-state index is 12.2. The second kappa shape index (κ2) is 6.90. The molecule has 0 aliphatic carbocycles. The molecule has 1 amide bonds. The number of carbonyl (C=O) groups is 1. The Morgan fingerprint density at radius 1 is 1.45 bits per heavy atom. The molecule has 0 saturated carbocycles. The molecule has 0 unspecified atom stereocenters. The number of likely N-dealkylation sites (N-methyl/N-ethyl adjacent to an activating group) is 2. The number of nitrogens with zero attached hydrogens (tertiary/aromatic N) is 3. The molecule has 0 bridgehead atoms. The molecule has 0 aromatic carbocycles. The first-order chi connectivity index (χ1) is 9.23. The Morgan fingerprint density at radius 3 is 2.55 bits per heavy atom. The molecular formula is C14H22ClN3O2. The fourth-order valence-electron chi connectivity index (χ4n) is 1.82. The third-order valence-corrected chi connectivity index (χ3v) is 3.01. The second-order valence-corrected chi connectivity index (χ2v) is 5.85. The summed E-state index contributed by atoms with van der Waals surface area (Å²) in [4.78, 5) is 19.8. The highest BCUT2D eigenvalue weighted by molar-refractivity contribution is 6.30. The molecule has 1 aromatic rings. The van der Waals surface area contributed by atoms with Crippen LogP contribution in [0.15, 0.2) is 18.3 Å². The first-order valence-corrected chi connectivity index (χ1v) is 6.93. The number of carbonyl (C=O) groups excluding carboxylic acids is 1. The lowest BCUT2D eigenvalue weighted by Gasteiger charge is -2.29. The van der Waals surface area contributed by atoms with E-state index in [0.717, 1.165) is 0 Å². The van der Waals surface area contributed by atoms with E-state index < -0.39 is 5.60 Å². The molecule has 0 spiro atoms. The predicted octanol–water partition coefficient (Wildman–Crippen LogP) is 1.79. The highest BCUT2D eigenvalue weighted by Gasteiger charge is 2.22. The number of halogens is 1. The van der Waals surface area contributed by atoms with Gasteiger partial charge in [-0.05, 0) is 32.9 Å². The summed E-state index contributed by atoms with van der Waals surface area (Å²) in [5, 5.41) is 10.4. The maximum atomic E-state index is 12.2. The standard InChI is InChI=1S/C14H22ClN3O2/c1-5-18(10-14(2,3)20)13(19)9-17(4)12-7-6-11(15)8-16-12/h6-8,20H,5,9-10H2,1-4H3.